The van der Waals surface area contributed by atoms with Crippen LogP contribution in [0.25, 0.3) is 0 Å². The second-order valence-corrected chi connectivity index (χ2v) is 7.46. The fourth-order valence-corrected chi connectivity index (χ4v) is 3.84. The van der Waals surface area contributed by atoms with E-state index in [4.69, 9.17) is 0 Å². The molecule has 1 aromatic carbocycles. The zero-order chi connectivity index (χ0) is 16.1. The summed E-state index contributed by atoms with van der Waals surface area (Å²) in [4.78, 5) is 2.62. The Hall–Kier alpha value is -0.940. The molecular formula is C19H32N4. The lowest BCUT2D eigenvalue weighted by molar-refractivity contribution is 0.176. The van der Waals surface area contributed by atoms with Gasteiger partial charge in [0.2, 0.25) is 0 Å². The van der Waals surface area contributed by atoms with Crippen LogP contribution in [-0.2, 0) is 13.1 Å². The van der Waals surface area contributed by atoms with Crippen molar-refractivity contribution in [1.82, 2.24) is 21.1 Å². The first kappa shape index (κ1) is 16.9. The zero-order valence-electron chi connectivity index (χ0n) is 14.6. The van der Waals surface area contributed by atoms with Crippen molar-refractivity contribution >= 4 is 0 Å². The van der Waals surface area contributed by atoms with Crippen LogP contribution in [0.1, 0.15) is 37.8 Å². The number of rotatable bonds is 6. The number of hydrogen-bond acceptors (Lipinski definition) is 4. The minimum Gasteiger partial charge on any atom is -0.312 e. The Balaban J connectivity index is 1.52. The maximum atomic E-state index is 3.66. The lowest BCUT2D eigenvalue weighted by Crippen LogP contribution is -2.34. The van der Waals surface area contributed by atoms with Crippen molar-refractivity contribution in [2.45, 2.75) is 45.8 Å². The van der Waals surface area contributed by atoms with Crippen LogP contribution >= 0.6 is 0 Å². The molecule has 0 aromatic heterocycles. The van der Waals surface area contributed by atoms with Gasteiger partial charge < -0.3 is 5.32 Å². The van der Waals surface area contributed by atoms with Crippen molar-refractivity contribution < 1.29 is 0 Å². The Morgan fingerprint density at radius 3 is 2.78 bits per heavy atom. The van der Waals surface area contributed by atoms with Gasteiger partial charge in [-0.15, -0.1) is 0 Å². The SMILES string of the molecule is CC1CCCN(Cc2ccccc2CNCC2CNNC2C)C1. The lowest BCUT2D eigenvalue weighted by Gasteiger charge is -2.31. The standard InChI is InChI=1S/C19H32N4/c1-15-6-5-9-23(13-15)14-18-8-4-3-7-17(18)10-20-11-19-12-21-22-16(19)2/h3-4,7-8,15-16,19-22H,5-6,9-14H2,1-2H3. The molecule has 0 radical (unpaired) electrons. The maximum Gasteiger partial charge on any atom is 0.0237 e. The van der Waals surface area contributed by atoms with E-state index in [0.717, 1.165) is 32.1 Å². The first-order chi connectivity index (χ1) is 11.2. The molecule has 4 nitrogen and oxygen atoms in total. The van der Waals surface area contributed by atoms with Gasteiger partial charge in [0.25, 0.3) is 0 Å². The van der Waals surface area contributed by atoms with Gasteiger partial charge in [0.1, 0.15) is 0 Å². The number of hydrazine groups is 1. The summed E-state index contributed by atoms with van der Waals surface area (Å²) in [5.74, 6) is 1.52. The van der Waals surface area contributed by atoms with Crippen molar-refractivity contribution in [1.29, 1.82) is 0 Å². The maximum absolute atomic E-state index is 3.66. The highest BCUT2D eigenvalue weighted by Crippen LogP contribution is 2.19. The minimum absolute atomic E-state index is 0.549. The molecule has 2 fully saturated rings. The summed E-state index contributed by atoms with van der Waals surface area (Å²) in [5, 5.41) is 3.66. The molecule has 3 unspecified atom stereocenters. The van der Waals surface area contributed by atoms with Gasteiger partial charge >= 0.3 is 0 Å². The number of piperidine rings is 1. The van der Waals surface area contributed by atoms with Crippen LogP contribution in [0.2, 0.25) is 0 Å². The Bertz CT molecular complexity index is 490. The number of hydrogen-bond donors (Lipinski definition) is 3. The third kappa shape index (κ3) is 4.77. The topological polar surface area (TPSA) is 39.3 Å². The molecule has 2 saturated heterocycles. The van der Waals surface area contributed by atoms with Gasteiger partial charge in [-0.2, -0.15) is 0 Å². The normalized spacial score (nSPS) is 29.0. The molecule has 3 atom stereocenters. The van der Waals surface area contributed by atoms with E-state index in [1.165, 1.54) is 37.1 Å². The minimum atomic E-state index is 0.549. The molecule has 0 spiro atoms. The van der Waals surface area contributed by atoms with Gasteiger partial charge in [-0.3, -0.25) is 15.8 Å². The van der Waals surface area contributed by atoms with E-state index in [1.807, 2.05) is 0 Å². The van der Waals surface area contributed by atoms with E-state index in [1.54, 1.807) is 0 Å². The smallest absolute Gasteiger partial charge is 0.0237 e. The van der Waals surface area contributed by atoms with Crippen LogP contribution in [0.5, 0.6) is 0 Å². The molecule has 0 aliphatic carbocycles. The summed E-state index contributed by atoms with van der Waals surface area (Å²) in [6.07, 6.45) is 2.74. The first-order valence-corrected chi connectivity index (χ1v) is 9.20. The molecule has 2 heterocycles. The Morgan fingerprint density at radius 2 is 2.04 bits per heavy atom. The number of nitrogens with one attached hydrogen (secondary N) is 3. The first-order valence-electron chi connectivity index (χ1n) is 9.20. The summed E-state index contributed by atoms with van der Waals surface area (Å²) < 4.78 is 0. The second kappa shape index (κ2) is 8.25. The molecule has 3 rings (SSSR count). The van der Waals surface area contributed by atoms with Gasteiger partial charge in [-0.05, 0) is 43.4 Å². The summed E-state index contributed by atoms with van der Waals surface area (Å²) >= 11 is 0. The molecule has 3 N–H and O–H groups in total. The molecule has 0 saturated carbocycles. The molecule has 0 bridgehead atoms. The molecule has 23 heavy (non-hydrogen) atoms. The summed E-state index contributed by atoms with van der Waals surface area (Å²) in [7, 11) is 0. The van der Waals surface area contributed by atoms with Crippen LogP contribution in [0.4, 0.5) is 0 Å². The van der Waals surface area contributed by atoms with Crippen LogP contribution in [0.15, 0.2) is 24.3 Å². The zero-order valence-corrected chi connectivity index (χ0v) is 14.6. The Morgan fingerprint density at radius 1 is 1.22 bits per heavy atom. The predicted octanol–water partition coefficient (Wildman–Crippen LogP) is 2.12. The van der Waals surface area contributed by atoms with Gasteiger partial charge in [0.05, 0.1) is 0 Å². The predicted molar refractivity (Wildman–Crippen MR) is 95.9 cm³/mol. The molecule has 128 valence electrons. The van der Waals surface area contributed by atoms with E-state index in [2.05, 4.69) is 59.2 Å². The molecular weight excluding hydrogens is 284 g/mol. The third-order valence-corrected chi connectivity index (χ3v) is 5.38. The monoisotopic (exact) mass is 316 g/mol. The van der Waals surface area contributed by atoms with E-state index >= 15 is 0 Å². The second-order valence-electron chi connectivity index (χ2n) is 7.46. The van der Waals surface area contributed by atoms with Crippen molar-refractivity contribution in [3.63, 3.8) is 0 Å². The largest absolute Gasteiger partial charge is 0.312 e. The van der Waals surface area contributed by atoms with Crippen LogP contribution in [0, 0.1) is 11.8 Å². The van der Waals surface area contributed by atoms with E-state index in [0.29, 0.717) is 12.0 Å². The lowest BCUT2D eigenvalue weighted by atomic mass is 9.98. The Kier molecular flexibility index (Phi) is 6.06. The van der Waals surface area contributed by atoms with Crippen LogP contribution < -0.4 is 16.2 Å². The average Bonchev–Trinajstić information content (AvgIpc) is 2.94. The third-order valence-electron chi connectivity index (χ3n) is 5.38. The Labute approximate surface area is 141 Å². The highest BCUT2D eigenvalue weighted by molar-refractivity contribution is 5.27. The fourth-order valence-electron chi connectivity index (χ4n) is 3.84. The van der Waals surface area contributed by atoms with Crippen molar-refractivity contribution in [3.05, 3.63) is 35.4 Å². The molecule has 2 aliphatic rings. The van der Waals surface area contributed by atoms with Crippen molar-refractivity contribution in [2.75, 3.05) is 26.2 Å². The quantitative estimate of drug-likeness (QED) is 0.752. The number of likely N-dealkylation sites (tertiary alicyclic amines) is 1. The van der Waals surface area contributed by atoms with Crippen LogP contribution in [0.3, 0.4) is 0 Å². The van der Waals surface area contributed by atoms with Crippen LogP contribution in [-0.4, -0.2) is 37.1 Å². The summed E-state index contributed by atoms with van der Waals surface area (Å²) in [6, 6.07) is 9.48. The fraction of sp³-hybridized carbons (Fsp3) is 0.684. The number of nitrogens with zero attached hydrogens (tertiary/aromatic N) is 1. The van der Waals surface area contributed by atoms with Gasteiger partial charge in [-0.1, -0.05) is 31.2 Å². The summed E-state index contributed by atoms with van der Waals surface area (Å²) in [5.41, 5.74) is 9.48. The number of benzene rings is 1. The summed E-state index contributed by atoms with van der Waals surface area (Å²) in [6.45, 7) is 11.3. The highest BCUT2D eigenvalue weighted by Gasteiger charge is 2.22. The molecule has 0 amide bonds. The molecule has 4 heteroatoms. The van der Waals surface area contributed by atoms with Gasteiger partial charge in [0, 0.05) is 44.7 Å². The van der Waals surface area contributed by atoms with Crippen molar-refractivity contribution in [2.24, 2.45) is 11.8 Å². The van der Waals surface area contributed by atoms with E-state index < -0.39 is 0 Å². The van der Waals surface area contributed by atoms with Gasteiger partial charge in [-0.25, -0.2) is 0 Å². The highest BCUT2D eigenvalue weighted by atomic mass is 15.4. The molecule has 2 aliphatic heterocycles. The van der Waals surface area contributed by atoms with Gasteiger partial charge in [0.15, 0.2) is 0 Å². The molecule has 1 aromatic rings. The van der Waals surface area contributed by atoms with E-state index in [-0.39, 0.29) is 0 Å². The average molecular weight is 316 g/mol. The van der Waals surface area contributed by atoms with E-state index in [9.17, 15) is 0 Å². The van der Waals surface area contributed by atoms with Crippen molar-refractivity contribution in [3.8, 4) is 0 Å².